The number of aliphatic hydroxyl groups is 1. The number of benzene rings is 2. The van der Waals surface area contributed by atoms with E-state index in [1.807, 2.05) is 6.92 Å². The average molecular weight is 425 g/mol. The first-order chi connectivity index (χ1) is 14.8. The number of carboxylic acids is 1. The highest BCUT2D eigenvalue weighted by molar-refractivity contribution is 6.46. The van der Waals surface area contributed by atoms with Gasteiger partial charge >= 0.3 is 5.97 Å². The summed E-state index contributed by atoms with van der Waals surface area (Å²) in [4.78, 5) is 37.6. The fourth-order valence-electron chi connectivity index (χ4n) is 3.73. The molecule has 1 aliphatic rings. The molecule has 1 fully saturated rings. The Kier molecular flexibility index (Phi) is 6.84. The molecule has 1 aliphatic heterocycles. The van der Waals surface area contributed by atoms with Gasteiger partial charge in [0.1, 0.15) is 11.6 Å². The number of ketones is 1. The van der Waals surface area contributed by atoms with E-state index in [4.69, 9.17) is 5.11 Å². The lowest BCUT2D eigenvalue weighted by Crippen LogP contribution is -2.31. The van der Waals surface area contributed by atoms with Crippen LogP contribution < -0.4 is 0 Å². The third-order valence-electron chi connectivity index (χ3n) is 5.35. The van der Waals surface area contributed by atoms with Crippen LogP contribution >= 0.6 is 0 Å². The number of Topliss-reactive ketones (excluding diaryl/α,β-unsaturated/α-hetero) is 1. The molecule has 0 radical (unpaired) electrons. The molecule has 1 unspecified atom stereocenters. The van der Waals surface area contributed by atoms with Gasteiger partial charge in [0.15, 0.2) is 0 Å². The van der Waals surface area contributed by atoms with E-state index in [1.165, 1.54) is 23.1 Å². The molecule has 2 aromatic carbocycles. The average Bonchev–Trinajstić information content (AvgIpc) is 2.98. The van der Waals surface area contributed by atoms with Crippen molar-refractivity contribution >= 4 is 23.4 Å². The molecule has 1 saturated heterocycles. The molecule has 2 N–H and O–H groups in total. The molecule has 1 heterocycles. The largest absolute Gasteiger partial charge is 0.507 e. The summed E-state index contributed by atoms with van der Waals surface area (Å²) in [6, 6.07) is 11.6. The molecule has 2 aromatic rings. The van der Waals surface area contributed by atoms with Gasteiger partial charge in [-0.05, 0) is 25.8 Å². The summed E-state index contributed by atoms with van der Waals surface area (Å²) in [6.45, 7) is 2.03. The fourth-order valence-corrected chi connectivity index (χ4v) is 3.73. The minimum absolute atomic E-state index is 0.0168. The summed E-state index contributed by atoms with van der Waals surface area (Å²) in [7, 11) is 0. The first kappa shape index (κ1) is 22.2. The van der Waals surface area contributed by atoms with E-state index in [1.54, 1.807) is 30.3 Å². The molecule has 1 atom stereocenters. The SMILES string of the molecule is Cc1ccc(/C(O)=C2\C(=O)C(=O)N(CCCCCC(=O)O)C2c2ccccc2F)cc1. The van der Waals surface area contributed by atoms with E-state index < -0.39 is 29.5 Å². The Bertz CT molecular complexity index is 1030. The monoisotopic (exact) mass is 425 g/mol. The van der Waals surface area contributed by atoms with Crippen LogP contribution in [-0.4, -0.2) is 39.3 Å². The van der Waals surface area contributed by atoms with Gasteiger partial charge in [-0.15, -0.1) is 0 Å². The Hall–Kier alpha value is -3.48. The molecule has 6 nitrogen and oxygen atoms in total. The summed E-state index contributed by atoms with van der Waals surface area (Å²) in [5.41, 5.74) is 1.31. The molecular weight excluding hydrogens is 401 g/mol. The zero-order valence-electron chi connectivity index (χ0n) is 17.2. The Balaban J connectivity index is 1.99. The molecule has 31 heavy (non-hydrogen) atoms. The van der Waals surface area contributed by atoms with E-state index in [0.29, 0.717) is 24.8 Å². The van der Waals surface area contributed by atoms with Gasteiger partial charge in [0.2, 0.25) is 0 Å². The number of nitrogens with zero attached hydrogens (tertiary/aromatic N) is 1. The predicted molar refractivity (Wildman–Crippen MR) is 113 cm³/mol. The second-order valence-corrected chi connectivity index (χ2v) is 7.58. The molecular formula is C24H24FNO5. The van der Waals surface area contributed by atoms with Crippen LogP contribution in [-0.2, 0) is 14.4 Å². The quantitative estimate of drug-likeness (QED) is 0.286. The number of hydrogen-bond donors (Lipinski definition) is 2. The lowest BCUT2D eigenvalue weighted by molar-refractivity contribution is -0.140. The molecule has 0 bridgehead atoms. The van der Waals surface area contributed by atoms with Crippen molar-refractivity contribution in [2.24, 2.45) is 0 Å². The third kappa shape index (κ3) is 4.82. The molecule has 3 rings (SSSR count). The number of carboxylic acid groups (broad SMARTS) is 1. The minimum Gasteiger partial charge on any atom is -0.507 e. The summed E-state index contributed by atoms with van der Waals surface area (Å²) in [6.07, 6.45) is 1.45. The number of aliphatic carboxylic acids is 1. The summed E-state index contributed by atoms with van der Waals surface area (Å²) >= 11 is 0. The van der Waals surface area contributed by atoms with E-state index in [-0.39, 0.29) is 29.9 Å². The van der Waals surface area contributed by atoms with Crippen LogP contribution in [0.15, 0.2) is 54.1 Å². The van der Waals surface area contributed by atoms with Crippen molar-refractivity contribution < 1.29 is 29.0 Å². The van der Waals surface area contributed by atoms with E-state index in [2.05, 4.69) is 0 Å². The van der Waals surface area contributed by atoms with Crippen LogP contribution in [0.4, 0.5) is 4.39 Å². The van der Waals surface area contributed by atoms with Crippen molar-refractivity contribution in [2.75, 3.05) is 6.54 Å². The number of amides is 1. The van der Waals surface area contributed by atoms with Crippen LogP contribution in [0.3, 0.4) is 0 Å². The highest BCUT2D eigenvalue weighted by Gasteiger charge is 2.46. The van der Waals surface area contributed by atoms with Crippen molar-refractivity contribution in [3.8, 4) is 0 Å². The normalized spacial score (nSPS) is 17.9. The highest BCUT2D eigenvalue weighted by atomic mass is 19.1. The Morgan fingerprint density at radius 3 is 2.32 bits per heavy atom. The fraction of sp³-hybridized carbons (Fsp3) is 0.292. The van der Waals surface area contributed by atoms with Gasteiger partial charge in [-0.3, -0.25) is 14.4 Å². The van der Waals surface area contributed by atoms with E-state index in [9.17, 15) is 23.9 Å². The number of aryl methyl sites for hydroxylation is 1. The van der Waals surface area contributed by atoms with Gasteiger partial charge in [-0.1, -0.05) is 54.4 Å². The van der Waals surface area contributed by atoms with E-state index in [0.717, 1.165) is 5.56 Å². The number of rotatable bonds is 8. The lowest BCUT2D eigenvalue weighted by Gasteiger charge is -2.25. The zero-order valence-corrected chi connectivity index (χ0v) is 17.2. The number of unbranched alkanes of at least 4 members (excludes halogenated alkanes) is 2. The first-order valence-electron chi connectivity index (χ1n) is 10.1. The van der Waals surface area contributed by atoms with Gasteiger partial charge < -0.3 is 15.1 Å². The number of hydrogen-bond acceptors (Lipinski definition) is 4. The van der Waals surface area contributed by atoms with Crippen LogP contribution in [0, 0.1) is 12.7 Å². The molecule has 0 saturated carbocycles. The maximum absolute atomic E-state index is 14.7. The summed E-state index contributed by atoms with van der Waals surface area (Å²) < 4.78 is 14.7. The van der Waals surface area contributed by atoms with Crippen LogP contribution in [0.2, 0.25) is 0 Å². The van der Waals surface area contributed by atoms with Crippen molar-refractivity contribution in [3.05, 3.63) is 76.6 Å². The Morgan fingerprint density at radius 1 is 1.00 bits per heavy atom. The van der Waals surface area contributed by atoms with Gasteiger partial charge in [-0.25, -0.2) is 4.39 Å². The topological polar surface area (TPSA) is 94.9 Å². The number of halogens is 1. The maximum Gasteiger partial charge on any atom is 0.303 e. The van der Waals surface area contributed by atoms with Crippen LogP contribution in [0.25, 0.3) is 5.76 Å². The van der Waals surface area contributed by atoms with Gasteiger partial charge in [0, 0.05) is 24.1 Å². The molecule has 0 aliphatic carbocycles. The van der Waals surface area contributed by atoms with E-state index >= 15 is 0 Å². The summed E-state index contributed by atoms with van der Waals surface area (Å²) in [5.74, 6) is -3.50. The highest BCUT2D eigenvalue weighted by Crippen LogP contribution is 2.40. The van der Waals surface area contributed by atoms with Crippen molar-refractivity contribution in [1.29, 1.82) is 0 Å². The molecule has 162 valence electrons. The summed E-state index contributed by atoms with van der Waals surface area (Å²) in [5, 5.41) is 19.7. The maximum atomic E-state index is 14.7. The molecule has 1 amide bonds. The number of likely N-dealkylation sites (tertiary alicyclic amines) is 1. The van der Waals surface area contributed by atoms with Gasteiger partial charge in [0.25, 0.3) is 11.7 Å². The second-order valence-electron chi connectivity index (χ2n) is 7.58. The van der Waals surface area contributed by atoms with Crippen LogP contribution in [0.1, 0.15) is 48.4 Å². The molecule has 7 heteroatoms. The molecule has 0 aromatic heterocycles. The lowest BCUT2D eigenvalue weighted by atomic mass is 9.94. The van der Waals surface area contributed by atoms with Gasteiger partial charge in [0.05, 0.1) is 11.6 Å². The smallest absolute Gasteiger partial charge is 0.303 e. The standard InChI is InChI=1S/C24H24FNO5/c1-15-10-12-16(13-11-15)22(29)20-21(17-7-4-5-8-18(17)25)26(24(31)23(20)30)14-6-2-3-9-19(27)28/h4-5,7-8,10-13,21,29H,2-3,6,9,14H2,1H3,(H,27,28)/b22-20+. The number of carbonyl (C=O) groups is 3. The third-order valence-corrected chi connectivity index (χ3v) is 5.35. The van der Waals surface area contributed by atoms with Crippen LogP contribution in [0.5, 0.6) is 0 Å². The Labute approximate surface area is 179 Å². The number of carbonyl (C=O) groups excluding carboxylic acids is 2. The van der Waals surface area contributed by atoms with Crippen molar-refractivity contribution in [2.45, 2.75) is 38.6 Å². The minimum atomic E-state index is -1.05. The first-order valence-corrected chi connectivity index (χ1v) is 10.1. The van der Waals surface area contributed by atoms with Gasteiger partial charge in [-0.2, -0.15) is 0 Å². The number of aliphatic hydroxyl groups excluding tert-OH is 1. The van der Waals surface area contributed by atoms with Crippen molar-refractivity contribution in [1.82, 2.24) is 4.90 Å². The van der Waals surface area contributed by atoms with Crippen molar-refractivity contribution in [3.63, 3.8) is 0 Å². The Morgan fingerprint density at radius 2 is 1.68 bits per heavy atom. The zero-order chi connectivity index (χ0) is 22.5. The predicted octanol–water partition coefficient (Wildman–Crippen LogP) is 4.20. The second kappa shape index (κ2) is 9.55. The molecule has 0 spiro atoms.